The van der Waals surface area contributed by atoms with Gasteiger partial charge in [-0.05, 0) is 30.7 Å². The fourth-order valence-corrected chi connectivity index (χ4v) is 1.47. The molecule has 0 amide bonds. The predicted molar refractivity (Wildman–Crippen MR) is 65.9 cm³/mol. The summed E-state index contributed by atoms with van der Waals surface area (Å²) >= 11 is 5.90. The summed E-state index contributed by atoms with van der Waals surface area (Å²) in [7, 11) is 0. The van der Waals surface area contributed by atoms with Gasteiger partial charge in [0.1, 0.15) is 10.8 Å². The fourth-order valence-electron chi connectivity index (χ4n) is 1.33. The van der Waals surface area contributed by atoms with E-state index in [0.29, 0.717) is 22.1 Å². The molecule has 0 saturated carbocycles. The molecule has 17 heavy (non-hydrogen) atoms. The number of nitrogen functional groups attached to an aromatic ring is 1. The summed E-state index contributed by atoms with van der Waals surface area (Å²) in [6, 6.07) is 4.62. The first-order valence-electron chi connectivity index (χ1n) is 4.87. The van der Waals surface area contributed by atoms with Crippen molar-refractivity contribution in [1.29, 1.82) is 0 Å². The van der Waals surface area contributed by atoms with Gasteiger partial charge < -0.3 is 11.1 Å². The van der Waals surface area contributed by atoms with Gasteiger partial charge in [0, 0.05) is 5.69 Å². The van der Waals surface area contributed by atoms with Crippen LogP contribution in [0.5, 0.6) is 0 Å². The van der Waals surface area contributed by atoms with E-state index in [2.05, 4.69) is 15.3 Å². The molecule has 1 aromatic carbocycles. The Morgan fingerprint density at radius 1 is 1.41 bits per heavy atom. The van der Waals surface area contributed by atoms with E-state index in [-0.39, 0.29) is 11.8 Å². The van der Waals surface area contributed by atoms with Gasteiger partial charge in [0.2, 0.25) is 5.95 Å². The van der Waals surface area contributed by atoms with E-state index in [1.807, 2.05) is 0 Å². The zero-order valence-electron chi connectivity index (χ0n) is 9.04. The number of nitrogens with one attached hydrogen (secondary N) is 1. The van der Waals surface area contributed by atoms with Crippen molar-refractivity contribution >= 4 is 29.1 Å². The van der Waals surface area contributed by atoms with E-state index >= 15 is 0 Å². The molecule has 2 rings (SSSR count). The van der Waals surface area contributed by atoms with Gasteiger partial charge >= 0.3 is 0 Å². The molecule has 2 aromatic rings. The minimum absolute atomic E-state index is 0.121. The van der Waals surface area contributed by atoms with E-state index in [9.17, 15) is 4.39 Å². The van der Waals surface area contributed by atoms with E-state index < -0.39 is 0 Å². The van der Waals surface area contributed by atoms with Crippen LogP contribution in [0.2, 0.25) is 5.02 Å². The molecular formula is C11H10ClFN4. The van der Waals surface area contributed by atoms with Gasteiger partial charge in [-0.3, -0.25) is 0 Å². The highest BCUT2D eigenvalue weighted by Gasteiger charge is 2.05. The van der Waals surface area contributed by atoms with Crippen molar-refractivity contribution in [2.24, 2.45) is 0 Å². The molecule has 6 heteroatoms. The maximum atomic E-state index is 13.1. The van der Waals surface area contributed by atoms with E-state index in [0.717, 1.165) is 0 Å². The number of hydrogen-bond donors (Lipinski definition) is 2. The van der Waals surface area contributed by atoms with Crippen LogP contribution in [0.15, 0.2) is 24.4 Å². The van der Waals surface area contributed by atoms with Gasteiger partial charge in [-0.1, -0.05) is 11.6 Å². The molecule has 0 unspecified atom stereocenters. The Kier molecular flexibility index (Phi) is 3.10. The number of halogens is 2. The maximum Gasteiger partial charge on any atom is 0.222 e. The van der Waals surface area contributed by atoms with Gasteiger partial charge in [0.25, 0.3) is 0 Å². The molecule has 0 radical (unpaired) electrons. The number of nitrogens with zero attached hydrogens (tertiary/aromatic N) is 2. The lowest BCUT2D eigenvalue weighted by molar-refractivity contribution is 0.619. The minimum atomic E-state index is -0.260. The van der Waals surface area contributed by atoms with Crippen LogP contribution < -0.4 is 11.1 Å². The molecule has 0 aliphatic heterocycles. The van der Waals surface area contributed by atoms with Crippen LogP contribution in [0, 0.1) is 12.7 Å². The molecule has 1 aromatic heterocycles. The van der Waals surface area contributed by atoms with Crippen molar-refractivity contribution in [2.75, 3.05) is 11.1 Å². The highest BCUT2D eigenvalue weighted by atomic mass is 35.5. The molecule has 0 saturated heterocycles. The lowest BCUT2D eigenvalue weighted by Crippen LogP contribution is -2.00. The first-order chi connectivity index (χ1) is 8.06. The average molecular weight is 253 g/mol. The molecule has 0 bridgehead atoms. The summed E-state index contributed by atoms with van der Waals surface area (Å²) in [4.78, 5) is 7.70. The topological polar surface area (TPSA) is 63.8 Å². The lowest BCUT2D eigenvalue weighted by atomic mass is 10.2. The van der Waals surface area contributed by atoms with Crippen LogP contribution in [0.4, 0.5) is 21.8 Å². The van der Waals surface area contributed by atoms with Gasteiger partial charge in [-0.15, -0.1) is 0 Å². The van der Waals surface area contributed by atoms with Gasteiger partial charge in [0.15, 0.2) is 5.82 Å². The largest absolute Gasteiger partial charge is 0.368 e. The number of benzene rings is 1. The van der Waals surface area contributed by atoms with Gasteiger partial charge in [-0.2, -0.15) is 4.98 Å². The smallest absolute Gasteiger partial charge is 0.222 e. The molecule has 0 aliphatic rings. The Balaban J connectivity index is 2.31. The van der Waals surface area contributed by atoms with E-state index in [1.54, 1.807) is 19.1 Å². The summed E-state index contributed by atoms with van der Waals surface area (Å²) in [5, 5.41) is 3.30. The van der Waals surface area contributed by atoms with Gasteiger partial charge in [-0.25, -0.2) is 9.37 Å². The van der Waals surface area contributed by atoms with Crippen LogP contribution in [0.25, 0.3) is 0 Å². The van der Waals surface area contributed by atoms with Crippen LogP contribution in [0.3, 0.4) is 0 Å². The van der Waals surface area contributed by atoms with E-state index in [4.69, 9.17) is 17.3 Å². The Bertz CT molecular complexity index is 559. The third kappa shape index (κ3) is 2.62. The number of anilines is 3. The van der Waals surface area contributed by atoms with Crippen molar-refractivity contribution < 1.29 is 4.39 Å². The standard InChI is InChI=1S/C11H10ClFN4/c1-6-4-7(2-3-9(6)13)16-10-8(12)5-15-11(14)17-10/h2-5H,1H3,(H3,14,15,16,17). The molecule has 4 nitrogen and oxygen atoms in total. The minimum Gasteiger partial charge on any atom is -0.368 e. The monoisotopic (exact) mass is 252 g/mol. The Morgan fingerprint density at radius 2 is 2.18 bits per heavy atom. The summed E-state index contributed by atoms with van der Waals surface area (Å²) in [6.07, 6.45) is 1.41. The summed E-state index contributed by atoms with van der Waals surface area (Å²) in [6.45, 7) is 1.68. The summed E-state index contributed by atoms with van der Waals surface area (Å²) in [5.41, 5.74) is 6.67. The Hall–Kier alpha value is -1.88. The number of aromatic nitrogens is 2. The zero-order valence-corrected chi connectivity index (χ0v) is 9.79. The summed E-state index contributed by atoms with van der Waals surface area (Å²) in [5.74, 6) is 0.254. The predicted octanol–water partition coefficient (Wildman–Crippen LogP) is 2.90. The third-order valence-corrected chi connectivity index (χ3v) is 2.46. The Labute approximate surface area is 103 Å². The van der Waals surface area contributed by atoms with Crippen molar-refractivity contribution in [3.8, 4) is 0 Å². The van der Waals surface area contributed by atoms with Crippen LogP contribution in [-0.4, -0.2) is 9.97 Å². The molecule has 0 atom stereocenters. The average Bonchev–Trinajstić information content (AvgIpc) is 2.29. The highest BCUT2D eigenvalue weighted by molar-refractivity contribution is 6.32. The zero-order chi connectivity index (χ0) is 12.4. The first-order valence-corrected chi connectivity index (χ1v) is 5.25. The van der Waals surface area contributed by atoms with Crippen molar-refractivity contribution in [2.45, 2.75) is 6.92 Å². The van der Waals surface area contributed by atoms with Crippen LogP contribution >= 0.6 is 11.6 Å². The number of rotatable bonds is 2. The molecule has 3 N–H and O–H groups in total. The number of nitrogens with two attached hydrogens (primary N) is 1. The molecule has 0 spiro atoms. The molecule has 88 valence electrons. The summed E-state index contributed by atoms with van der Waals surface area (Å²) < 4.78 is 13.1. The number of aryl methyl sites for hydroxylation is 1. The van der Waals surface area contributed by atoms with Crippen molar-refractivity contribution in [1.82, 2.24) is 9.97 Å². The van der Waals surface area contributed by atoms with E-state index in [1.165, 1.54) is 12.3 Å². The normalized spacial score (nSPS) is 10.3. The molecule has 0 fully saturated rings. The molecular weight excluding hydrogens is 243 g/mol. The van der Waals surface area contributed by atoms with Gasteiger partial charge in [0.05, 0.1) is 6.20 Å². The second kappa shape index (κ2) is 4.55. The van der Waals surface area contributed by atoms with Crippen LogP contribution in [-0.2, 0) is 0 Å². The SMILES string of the molecule is Cc1cc(Nc2nc(N)ncc2Cl)ccc1F. The Morgan fingerprint density at radius 3 is 2.88 bits per heavy atom. The second-order valence-corrected chi connectivity index (χ2v) is 3.92. The number of hydrogen-bond acceptors (Lipinski definition) is 4. The highest BCUT2D eigenvalue weighted by Crippen LogP contribution is 2.24. The third-order valence-electron chi connectivity index (χ3n) is 2.18. The molecule has 0 aliphatic carbocycles. The first kappa shape index (κ1) is 11.6. The van der Waals surface area contributed by atoms with Crippen LogP contribution in [0.1, 0.15) is 5.56 Å². The molecule has 1 heterocycles. The maximum absolute atomic E-state index is 13.1. The second-order valence-electron chi connectivity index (χ2n) is 3.51. The quantitative estimate of drug-likeness (QED) is 0.863. The van der Waals surface area contributed by atoms with Crippen molar-refractivity contribution in [3.63, 3.8) is 0 Å². The van der Waals surface area contributed by atoms with Crippen molar-refractivity contribution in [3.05, 3.63) is 40.8 Å². The fraction of sp³-hybridized carbons (Fsp3) is 0.0909. The lowest BCUT2D eigenvalue weighted by Gasteiger charge is -2.08.